The second kappa shape index (κ2) is 4.00. The topological polar surface area (TPSA) is 43.4 Å². The van der Waals surface area contributed by atoms with E-state index in [9.17, 15) is 14.0 Å². The highest BCUT2D eigenvalue weighted by molar-refractivity contribution is 5.96. The number of halogens is 1. The van der Waals surface area contributed by atoms with Crippen LogP contribution < -0.4 is 4.74 Å². The predicted molar refractivity (Wildman–Crippen MR) is 48.3 cm³/mol. The molecule has 0 heterocycles. The number of aldehydes is 1. The Morgan fingerprint density at radius 2 is 2.14 bits per heavy atom. The van der Waals surface area contributed by atoms with Crippen LogP contribution in [0.15, 0.2) is 12.1 Å². The van der Waals surface area contributed by atoms with Crippen molar-refractivity contribution in [3.05, 3.63) is 29.1 Å². The lowest BCUT2D eigenvalue weighted by atomic mass is 10.1. The number of rotatable bonds is 3. The highest BCUT2D eigenvalue weighted by Gasteiger charge is 2.13. The summed E-state index contributed by atoms with van der Waals surface area (Å²) in [6, 6.07) is 2.51. The summed E-state index contributed by atoms with van der Waals surface area (Å²) in [4.78, 5) is 21.5. The van der Waals surface area contributed by atoms with Crippen molar-refractivity contribution in [1.29, 1.82) is 0 Å². The molecule has 1 aromatic rings. The third-order valence-corrected chi connectivity index (χ3v) is 1.82. The maximum Gasteiger partial charge on any atom is 0.162 e. The number of hydrogen-bond acceptors (Lipinski definition) is 3. The van der Waals surface area contributed by atoms with E-state index in [1.165, 1.54) is 26.2 Å². The Hall–Kier alpha value is -1.71. The minimum Gasteiger partial charge on any atom is -0.497 e. The van der Waals surface area contributed by atoms with E-state index in [2.05, 4.69) is 0 Å². The Morgan fingerprint density at radius 1 is 1.50 bits per heavy atom. The Labute approximate surface area is 80.5 Å². The number of Topliss-reactive ketones (excluding diaryl/α,β-unsaturated/α-hetero) is 1. The first kappa shape index (κ1) is 10.4. The van der Waals surface area contributed by atoms with Gasteiger partial charge in [-0.05, 0) is 19.1 Å². The Balaban J connectivity index is 3.41. The number of ketones is 1. The number of hydrogen-bond donors (Lipinski definition) is 0. The van der Waals surface area contributed by atoms with Crippen molar-refractivity contribution in [3.8, 4) is 5.75 Å². The lowest BCUT2D eigenvalue weighted by Crippen LogP contribution is -2.02. The molecule has 0 spiro atoms. The Kier molecular flexibility index (Phi) is 2.96. The van der Waals surface area contributed by atoms with Gasteiger partial charge in [0.1, 0.15) is 11.6 Å². The zero-order valence-corrected chi connectivity index (χ0v) is 7.83. The average Bonchev–Trinajstić information content (AvgIpc) is 2.17. The molecule has 0 unspecified atom stereocenters. The van der Waals surface area contributed by atoms with Crippen LogP contribution in [0.3, 0.4) is 0 Å². The van der Waals surface area contributed by atoms with Gasteiger partial charge in [0.05, 0.1) is 18.2 Å². The SMILES string of the molecule is COc1cc(C=O)c(F)c(C(C)=O)c1. The summed E-state index contributed by atoms with van der Waals surface area (Å²) < 4.78 is 18.2. The van der Waals surface area contributed by atoms with Gasteiger partial charge in [-0.2, -0.15) is 0 Å². The van der Waals surface area contributed by atoms with Crippen molar-refractivity contribution < 1.29 is 18.7 Å². The molecule has 0 amide bonds. The third kappa shape index (κ3) is 1.79. The lowest BCUT2D eigenvalue weighted by molar-refractivity contribution is 0.101. The van der Waals surface area contributed by atoms with E-state index in [1.807, 2.05) is 0 Å². The fourth-order valence-corrected chi connectivity index (χ4v) is 1.08. The summed E-state index contributed by atoms with van der Waals surface area (Å²) >= 11 is 0. The van der Waals surface area contributed by atoms with Crippen molar-refractivity contribution >= 4 is 12.1 Å². The van der Waals surface area contributed by atoms with Crippen LogP contribution in [0.5, 0.6) is 5.75 Å². The maximum atomic E-state index is 13.3. The van der Waals surface area contributed by atoms with Gasteiger partial charge in [-0.1, -0.05) is 0 Å². The van der Waals surface area contributed by atoms with Crippen molar-refractivity contribution in [3.63, 3.8) is 0 Å². The molecular weight excluding hydrogens is 187 g/mol. The first-order valence-corrected chi connectivity index (χ1v) is 3.93. The van der Waals surface area contributed by atoms with Crippen LogP contribution in [-0.2, 0) is 0 Å². The molecule has 14 heavy (non-hydrogen) atoms. The van der Waals surface area contributed by atoms with E-state index in [0.717, 1.165) is 0 Å². The monoisotopic (exact) mass is 196 g/mol. The molecule has 0 aliphatic heterocycles. The van der Waals surface area contributed by atoms with Gasteiger partial charge in [0.2, 0.25) is 0 Å². The smallest absolute Gasteiger partial charge is 0.162 e. The zero-order valence-electron chi connectivity index (χ0n) is 7.83. The van der Waals surface area contributed by atoms with Crippen molar-refractivity contribution in [1.82, 2.24) is 0 Å². The van der Waals surface area contributed by atoms with Crippen LogP contribution in [0.2, 0.25) is 0 Å². The third-order valence-electron chi connectivity index (χ3n) is 1.82. The molecule has 1 aromatic carbocycles. The number of carbonyl (C=O) groups excluding carboxylic acids is 2. The van der Waals surface area contributed by atoms with Gasteiger partial charge in [-0.15, -0.1) is 0 Å². The van der Waals surface area contributed by atoms with Gasteiger partial charge in [0.25, 0.3) is 0 Å². The first-order valence-electron chi connectivity index (χ1n) is 3.93. The van der Waals surface area contributed by atoms with Crippen LogP contribution in [0.4, 0.5) is 4.39 Å². The van der Waals surface area contributed by atoms with Crippen LogP contribution in [-0.4, -0.2) is 19.2 Å². The summed E-state index contributed by atoms with van der Waals surface area (Å²) in [6.07, 6.45) is 0.351. The molecule has 0 bridgehead atoms. The molecule has 1 rings (SSSR count). The largest absolute Gasteiger partial charge is 0.497 e. The van der Waals surface area contributed by atoms with Crippen molar-refractivity contribution in [2.75, 3.05) is 7.11 Å². The molecule has 0 N–H and O–H groups in total. The normalized spacial score (nSPS) is 9.64. The van der Waals surface area contributed by atoms with Gasteiger partial charge >= 0.3 is 0 Å². The standard InChI is InChI=1S/C10H9FO3/c1-6(13)9-4-8(14-2)3-7(5-12)10(9)11/h3-5H,1-2H3. The molecule has 0 aliphatic carbocycles. The van der Waals surface area contributed by atoms with Gasteiger partial charge in [0.15, 0.2) is 12.1 Å². The summed E-state index contributed by atoms with van der Waals surface area (Å²) in [7, 11) is 1.38. The molecule has 0 saturated carbocycles. The number of carbonyl (C=O) groups is 2. The lowest BCUT2D eigenvalue weighted by Gasteiger charge is -2.05. The van der Waals surface area contributed by atoms with Crippen LogP contribution in [0, 0.1) is 5.82 Å². The molecule has 0 saturated heterocycles. The first-order chi connectivity index (χ1) is 6.60. The van der Waals surface area contributed by atoms with Gasteiger partial charge in [-0.3, -0.25) is 9.59 Å². The molecular formula is C10H9FO3. The average molecular weight is 196 g/mol. The quantitative estimate of drug-likeness (QED) is 0.547. The molecule has 74 valence electrons. The van der Waals surface area contributed by atoms with E-state index >= 15 is 0 Å². The van der Waals surface area contributed by atoms with Crippen LogP contribution >= 0.6 is 0 Å². The molecule has 0 aromatic heterocycles. The van der Waals surface area contributed by atoms with Crippen molar-refractivity contribution in [2.24, 2.45) is 0 Å². The molecule has 0 aliphatic rings. The molecule has 4 heteroatoms. The fraction of sp³-hybridized carbons (Fsp3) is 0.200. The predicted octanol–water partition coefficient (Wildman–Crippen LogP) is 1.85. The highest BCUT2D eigenvalue weighted by atomic mass is 19.1. The minimum absolute atomic E-state index is 0.133. The number of benzene rings is 1. The second-order valence-corrected chi connectivity index (χ2v) is 2.75. The number of ether oxygens (including phenoxy) is 1. The second-order valence-electron chi connectivity index (χ2n) is 2.75. The van der Waals surface area contributed by atoms with Crippen LogP contribution in [0.25, 0.3) is 0 Å². The minimum atomic E-state index is -0.798. The molecule has 0 fully saturated rings. The van der Waals surface area contributed by atoms with Gasteiger partial charge in [0, 0.05) is 0 Å². The highest BCUT2D eigenvalue weighted by Crippen LogP contribution is 2.20. The molecule has 0 atom stereocenters. The van der Waals surface area contributed by atoms with E-state index in [1.54, 1.807) is 0 Å². The van der Waals surface area contributed by atoms with Crippen LogP contribution in [0.1, 0.15) is 27.6 Å². The van der Waals surface area contributed by atoms with Gasteiger partial charge in [-0.25, -0.2) is 4.39 Å². The summed E-state index contributed by atoms with van der Waals surface area (Å²) in [6.45, 7) is 1.23. The summed E-state index contributed by atoms with van der Waals surface area (Å²) in [5.74, 6) is -0.948. The van der Waals surface area contributed by atoms with E-state index in [0.29, 0.717) is 12.0 Å². The molecule has 3 nitrogen and oxygen atoms in total. The van der Waals surface area contributed by atoms with E-state index in [4.69, 9.17) is 4.74 Å². The zero-order chi connectivity index (χ0) is 10.7. The van der Waals surface area contributed by atoms with Gasteiger partial charge < -0.3 is 4.74 Å². The fourth-order valence-electron chi connectivity index (χ4n) is 1.08. The van der Waals surface area contributed by atoms with E-state index in [-0.39, 0.29) is 11.1 Å². The summed E-state index contributed by atoms with van der Waals surface area (Å²) in [5, 5.41) is 0. The van der Waals surface area contributed by atoms with Crippen molar-refractivity contribution in [2.45, 2.75) is 6.92 Å². The Morgan fingerprint density at radius 3 is 2.57 bits per heavy atom. The Bertz CT molecular complexity index is 385. The maximum absolute atomic E-state index is 13.3. The van der Waals surface area contributed by atoms with E-state index < -0.39 is 11.6 Å². The molecule has 0 radical (unpaired) electrons. The summed E-state index contributed by atoms with van der Waals surface area (Å²) in [5.41, 5.74) is -0.305. The number of methoxy groups -OCH3 is 1.